The van der Waals surface area contributed by atoms with Gasteiger partial charge in [0, 0.05) is 29.9 Å². The summed E-state index contributed by atoms with van der Waals surface area (Å²) in [6.45, 7) is 0.0185. The SMILES string of the molecule is COc1cc(NC(=S)NC(=O)/C=C/c2ccco2)ccc1-c1cc2ccccc2n(CCO)c1=O. The number of amides is 1. The fourth-order valence-electron chi connectivity index (χ4n) is 3.69. The number of aliphatic hydroxyl groups excluding tert-OH is 1. The number of fused-ring (bicyclic) bond motifs is 1. The van der Waals surface area contributed by atoms with Crippen LogP contribution in [0.25, 0.3) is 28.1 Å². The smallest absolute Gasteiger partial charge is 0.259 e. The number of aliphatic hydroxyl groups is 1. The zero-order valence-corrected chi connectivity index (χ0v) is 19.7. The van der Waals surface area contributed by atoms with Crippen molar-refractivity contribution in [2.24, 2.45) is 0 Å². The van der Waals surface area contributed by atoms with Crippen LogP contribution in [0.15, 0.2) is 82.2 Å². The highest BCUT2D eigenvalue weighted by atomic mass is 32.1. The van der Waals surface area contributed by atoms with Crippen LogP contribution in [0, 0.1) is 0 Å². The summed E-state index contributed by atoms with van der Waals surface area (Å²) in [7, 11) is 1.51. The van der Waals surface area contributed by atoms with E-state index in [-0.39, 0.29) is 23.8 Å². The van der Waals surface area contributed by atoms with Crippen LogP contribution < -0.4 is 20.9 Å². The van der Waals surface area contributed by atoms with Crippen molar-refractivity contribution in [1.82, 2.24) is 9.88 Å². The van der Waals surface area contributed by atoms with Crippen LogP contribution >= 0.6 is 12.2 Å². The van der Waals surface area contributed by atoms with Crippen LogP contribution in [0.2, 0.25) is 0 Å². The Morgan fingerprint density at radius 2 is 1.97 bits per heavy atom. The molecule has 178 valence electrons. The number of nitrogens with zero attached hydrogens (tertiary/aromatic N) is 1. The lowest BCUT2D eigenvalue weighted by molar-refractivity contribution is -0.115. The van der Waals surface area contributed by atoms with Gasteiger partial charge >= 0.3 is 0 Å². The van der Waals surface area contributed by atoms with E-state index in [2.05, 4.69) is 10.6 Å². The van der Waals surface area contributed by atoms with E-state index in [4.69, 9.17) is 21.4 Å². The van der Waals surface area contributed by atoms with E-state index in [1.165, 1.54) is 25.5 Å². The zero-order chi connectivity index (χ0) is 24.8. The Balaban J connectivity index is 1.58. The molecular formula is C26H23N3O5S. The van der Waals surface area contributed by atoms with Crippen LogP contribution in [-0.2, 0) is 11.3 Å². The van der Waals surface area contributed by atoms with Crippen molar-refractivity contribution in [2.45, 2.75) is 6.54 Å². The average Bonchev–Trinajstić information content (AvgIpc) is 3.38. The summed E-state index contributed by atoms with van der Waals surface area (Å²) in [5.41, 5.74) is 2.12. The molecule has 0 fully saturated rings. The predicted molar refractivity (Wildman–Crippen MR) is 139 cm³/mol. The monoisotopic (exact) mass is 489 g/mol. The van der Waals surface area contributed by atoms with Gasteiger partial charge in [-0.3, -0.25) is 14.9 Å². The Hall–Kier alpha value is -4.21. The molecule has 2 aromatic heterocycles. The molecule has 9 heteroatoms. The maximum absolute atomic E-state index is 13.3. The molecule has 0 aliphatic carbocycles. The van der Waals surface area contributed by atoms with E-state index in [1.54, 1.807) is 34.9 Å². The van der Waals surface area contributed by atoms with E-state index in [0.29, 0.717) is 28.3 Å². The standard InChI is InChI=1S/C26H23N3O5S/c1-33-23-16-18(27-26(35)28-24(31)11-9-19-6-4-14-34-19)8-10-20(23)21-15-17-5-2-3-7-22(17)29(12-13-30)25(21)32/h2-11,14-16,30H,12-13H2,1H3,(H2,27,28,31,35)/b11-9+. The van der Waals surface area contributed by atoms with Gasteiger partial charge in [0.1, 0.15) is 11.5 Å². The minimum atomic E-state index is -0.414. The van der Waals surface area contributed by atoms with Crippen molar-refractivity contribution in [1.29, 1.82) is 0 Å². The lowest BCUT2D eigenvalue weighted by atomic mass is 10.0. The maximum atomic E-state index is 13.3. The lowest BCUT2D eigenvalue weighted by Crippen LogP contribution is -2.32. The second kappa shape index (κ2) is 10.8. The predicted octanol–water partition coefficient (Wildman–Crippen LogP) is 3.79. The van der Waals surface area contributed by atoms with Gasteiger partial charge in [-0.15, -0.1) is 0 Å². The van der Waals surface area contributed by atoms with Crippen molar-refractivity contribution >= 4 is 45.9 Å². The highest BCUT2D eigenvalue weighted by molar-refractivity contribution is 7.80. The molecular weight excluding hydrogens is 466 g/mol. The molecule has 0 aliphatic rings. The molecule has 0 atom stereocenters. The Morgan fingerprint density at radius 1 is 1.14 bits per heavy atom. The summed E-state index contributed by atoms with van der Waals surface area (Å²) in [5, 5.41) is 16.0. The molecule has 4 aromatic rings. The highest BCUT2D eigenvalue weighted by Crippen LogP contribution is 2.32. The van der Waals surface area contributed by atoms with Crippen molar-refractivity contribution in [3.05, 3.63) is 89.1 Å². The van der Waals surface area contributed by atoms with Crippen LogP contribution in [0.1, 0.15) is 5.76 Å². The molecule has 8 nitrogen and oxygen atoms in total. The first-order valence-electron chi connectivity index (χ1n) is 10.8. The van der Waals surface area contributed by atoms with Crippen LogP contribution in [0.4, 0.5) is 5.69 Å². The molecule has 0 bridgehead atoms. The van der Waals surface area contributed by atoms with E-state index < -0.39 is 5.91 Å². The Bertz CT molecular complexity index is 1460. The number of pyridine rings is 1. The topological polar surface area (TPSA) is 106 Å². The molecule has 4 rings (SSSR count). The number of aromatic nitrogens is 1. The number of carbonyl (C=O) groups is 1. The van der Waals surface area contributed by atoms with Crippen molar-refractivity contribution in [3.63, 3.8) is 0 Å². The Kier molecular flexibility index (Phi) is 7.39. The first kappa shape index (κ1) is 23.9. The number of methoxy groups -OCH3 is 1. The highest BCUT2D eigenvalue weighted by Gasteiger charge is 2.15. The summed E-state index contributed by atoms with van der Waals surface area (Å²) in [4.78, 5) is 25.4. The van der Waals surface area contributed by atoms with Gasteiger partial charge in [0.05, 0.1) is 31.1 Å². The first-order valence-corrected chi connectivity index (χ1v) is 11.2. The Morgan fingerprint density at radius 3 is 2.71 bits per heavy atom. The molecule has 0 saturated heterocycles. The van der Waals surface area contributed by atoms with Gasteiger partial charge in [0.15, 0.2) is 5.11 Å². The molecule has 0 spiro atoms. The largest absolute Gasteiger partial charge is 0.496 e. The third-order valence-electron chi connectivity index (χ3n) is 5.26. The van der Waals surface area contributed by atoms with Crippen LogP contribution in [-0.4, -0.2) is 34.4 Å². The number of nitrogens with one attached hydrogen (secondary N) is 2. The van der Waals surface area contributed by atoms with Gasteiger partial charge in [-0.1, -0.05) is 18.2 Å². The van der Waals surface area contributed by atoms with E-state index in [1.807, 2.05) is 30.3 Å². The number of thiocarbonyl (C=S) groups is 1. The fourth-order valence-corrected chi connectivity index (χ4v) is 3.91. The number of carbonyl (C=O) groups excluding carboxylic acids is 1. The third kappa shape index (κ3) is 5.48. The van der Waals surface area contributed by atoms with Gasteiger partial charge in [0.25, 0.3) is 5.56 Å². The molecule has 35 heavy (non-hydrogen) atoms. The average molecular weight is 490 g/mol. The summed E-state index contributed by atoms with van der Waals surface area (Å²) in [6, 6.07) is 17.9. The molecule has 1 amide bonds. The number of rotatable bonds is 7. The number of hydrogen-bond acceptors (Lipinski definition) is 6. The molecule has 2 heterocycles. The summed E-state index contributed by atoms with van der Waals surface area (Å²) < 4.78 is 12.3. The lowest BCUT2D eigenvalue weighted by Gasteiger charge is -2.15. The van der Waals surface area contributed by atoms with Gasteiger partial charge in [-0.25, -0.2) is 0 Å². The molecule has 0 saturated carbocycles. The molecule has 0 radical (unpaired) electrons. The van der Waals surface area contributed by atoms with Gasteiger partial charge < -0.3 is 24.1 Å². The Labute approximate surface area is 206 Å². The number of furan rings is 1. The van der Waals surface area contributed by atoms with E-state index in [9.17, 15) is 14.7 Å². The molecule has 0 aliphatic heterocycles. The van der Waals surface area contributed by atoms with Gasteiger partial charge in [-0.05, 0) is 60.1 Å². The van der Waals surface area contributed by atoms with Gasteiger partial charge in [-0.2, -0.15) is 0 Å². The maximum Gasteiger partial charge on any atom is 0.259 e. The minimum Gasteiger partial charge on any atom is -0.496 e. The quantitative estimate of drug-likeness (QED) is 0.268. The number of para-hydroxylation sites is 1. The second-order valence-corrected chi connectivity index (χ2v) is 7.91. The van der Waals surface area contributed by atoms with Crippen molar-refractivity contribution in [2.75, 3.05) is 19.0 Å². The summed E-state index contributed by atoms with van der Waals surface area (Å²) >= 11 is 5.23. The van der Waals surface area contributed by atoms with Gasteiger partial charge in [0.2, 0.25) is 5.91 Å². The normalized spacial score (nSPS) is 11.0. The number of ether oxygens (including phenoxy) is 1. The van der Waals surface area contributed by atoms with Crippen molar-refractivity contribution < 1.29 is 19.1 Å². The zero-order valence-electron chi connectivity index (χ0n) is 18.9. The number of hydrogen-bond donors (Lipinski definition) is 3. The van der Waals surface area contributed by atoms with Crippen LogP contribution in [0.3, 0.4) is 0 Å². The summed E-state index contributed by atoms with van der Waals surface area (Å²) in [5.74, 6) is 0.582. The fraction of sp³-hybridized carbons (Fsp3) is 0.115. The van der Waals surface area contributed by atoms with Crippen molar-refractivity contribution in [3.8, 4) is 16.9 Å². The second-order valence-electron chi connectivity index (χ2n) is 7.50. The molecule has 2 aromatic carbocycles. The van der Waals surface area contributed by atoms with E-state index >= 15 is 0 Å². The number of benzene rings is 2. The number of anilines is 1. The first-order chi connectivity index (χ1) is 17.0. The van der Waals surface area contributed by atoms with E-state index in [0.717, 1.165) is 10.9 Å². The van der Waals surface area contributed by atoms with Crippen LogP contribution in [0.5, 0.6) is 5.75 Å². The minimum absolute atomic E-state index is 0.102. The molecule has 3 N–H and O–H groups in total. The summed E-state index contributed by atoms with van der Waals surface area (Å²) in [6.07, 6.45) is 4.36. The third-order valence-corrected chi connectivity index (χ3v) is 5.46. The molecule has 0 unspecified atom stereocenters.